The number of para-hydroxylation sites is 1. The molecule has 0 spiro atoms. The van der Waals surface area contributed by atoms with Crippen molar-refractivity contribution >= 4 is 0 Å². The summed E-state index contributed by atoms with van der Waals surface area (Å²) in [6.45, 7) is 3.27. The molecule has 1 saturated heterocycles. The average molecular weight is 326 g/mol. The van der Waals surface area contributed by atoms with Crippen molar-refractivity contribution in [2.75, 3.05) is 20.2 Å². The maximum Gasteiger partial charge on any atom is 0.151 e. The van der Waals surface area contributed by atoms with E-state index >= 15 is 0 Å². The van der Waals surface area contributed by atoms with E-state index in [1.54, 1.807) is 7.11 Å². The second kappa shape index (κ2) is 6.98. The van der Waals surface area contributed by atoms with Crippen molar-refractivity contribution in [3.8, 4) is 17.0 Å². The molecule has 4 nitrogen and oxygen atoms in total. The van der Waals surface area contributed by atoms with Crippen LogP contribution in [-0.2, 0) is 6.54 Å². The molecule has 2 aliphatic rings. The van der Waals surface area contributed by atoms with E-state index in [4.69, 9.17) is 9.26 Å². The molecule has 1 saturated carbocycles. The van der Waals surface area contributed by atoms with Crippen molar-refractivity contribution in [2.24, 2.45) is 11.8 Å². The fourth-order valence-corrected chi connectivity index (χ4v) is 4.41. The van der Waals surface area contributed by atoms with Crippen LogP contribution in [-0.4, -0.2) is 30.3 Å². The van der Waals surface area contributed by atoms with E-state index in [1.165, 1.54) is 45.2 Å². The van der Waals surface area contributed by atoms with Gasteiger partial charge in [-0.15, -0.1) is 0 Å². The van der Waals surface area contributed by atoms with Crippen LogP contribution in [0.1, 0.15) is 37.9 Å². The molecule has 2 unspecified atom stereocenters. The Morgan fingerprint density at radius 2 is 2.00 bits per heavy atom. The standard InChI is InChI=1S/C20H26N2O2/c1-23-20-9-5-4-8-18(20)19-12-17(24-21-19)14-22-11-10-15-6-2-3-7-16(15)13-22/h4-5,8-9,12,15-16H,2-3,6-7,10-11,13-14H2,1H3. The van der Waals surface area contributed by atoms with E-state index < -0.39 is 0 Å². The molecule has 1 aliphatic carbocycles. The number of benzene rings is 1. The molecule has 4 rings (SSSR count). The first-order valence-electron chi connectivity index (χ1n) is 9.15. The lowest BCUT2D eigenvalue weighted by atomic mass is 9.75. The topological polar surface area (TPSA) is 38.5 Å². The molecule has 1 aliphatic heterocycles. The Morgan fingerprint density at radius 3 is 2.88 bits per heavy atom. The van der Waals surface area contributed by atoms with E-state index in [0.717, 1.165) is 41.1 Å². The minimum atomic E-state index is 0.834. The van der Waals surface area contributed by atoms with Crippen molar-refractivity contribution in [3.63, 3.8) is 0 Å². The van der Waals surface area contributed by atoms with Gasteiger partial charge in [0.25, 0.3) is 0 Å². The van der Waals surface area contributed by atoms with Gasteiger partial charge in [0.1, 0.15) is 11.4 Å². The molecular weight excluding hydrogens is 300 g/mol. The number of nitrogens with zero attached hydrogens (tertiary/aromatic N) is 2. The first-order chi connectivity index (χ1) is 11.8. The van der Waals surface area contributed by atoms with Crippen LogP contribution in [0.15, 0.2) is 34.9 Å². The Kier molecular flexibility index (Phi) is 4.56. The van der Waals surface area contributed by atoms with Gasteiger partial charge in [-0.2, -0.15) is 0 Å². The summed E-state index contributed by atoms with van der Waals surface area (Å²) in [6.07, 6.45) is 7.04. The first kappa shape index (κ1) is 15.7. The molecule has 0 amide bonds. The summed E-state index contributed by atoms with van der Waals surface area (Å²) in [7, 11) is 1.69. The molecule has 2 aromatic rings. The van der Waals surface area contributed by atoms with E-state index in [9.17, 15) is 0 Å². The van der Waals surface area contributed by atoms with Crippen molar-refractivity contribution in [1.29, 1.82) is 0 Å². The average Bonchev–Trinajstić information content (AvgIpc) is 3.10. The minimum absolute atomic E-state index is 0.834. The van der Waals surface area contributed by atoms with Crippen molar-refractivity contribution in [3.05, 3.63) is 36.1 Å². The Labute approximate surface area is 143 Å². The summed E-state index contributed by atoms with van der Waals surface area (Å²) in [6, 6.07) is 10.0. The number of aromatic nitrogens is 1. The third kappa shape index (κ3) is 3.20. The number of methoxy groups -OCH3 is 1. The zero-order valence-corrected chi connectivity index (χ0v) is 14.4. The van der Waals surface area contributed by atoms with E-state index in [1.807, 2.05) is 24.3 Å². The quantitative estimate of drug-likeness (QED) is 0.836. The van der Waals surface area contributed by atoms with Gasteiger partial charge in [0.15, 0.2) is 5.76 Å². The minimum Gasteiger partial charge on any atom is -0.496 e. The lowest BCUT2D eigenvalue weighted by molar-refractivity contribution is 0.0759. The second-order valence-electron chi connectivity index (χ2n) is 7.21. The Hall–Kier alpha value is -1.81. The predicted molar refractivity (Wildman–Crippen MR) is 93.8 cm³/mol. The Morgan fingerprint density at radius 1 is 1.17 bits per heavy atom. The predicted octanol–water partition coefficient (Wildman–Crippen LogP) is 4.36. The SMILES string of the molecule is COc1ccccc1-c1cc(CN2CCC3CCCCC3C2)on1. The monoisotopic (exact) mass is 326 g/mol. The molecule has 4 heteroatoms. The number of hydrogen-bond donors (Lipinski definition) is 0. The van der Waals surface area contributed by atoms with Crippen molar-refractivity contribution in [1.82, 2.24) is 10.1 Å². The van der Waals surface area contributed by atoms with Crippen LogP contribution in [0.25, 0.3) is 11.3 Å². The molecule has 1 aromatic heterocycles. The summed E-state index contributed by atoms with van der Waals surface area (Å²) >= 11 is 0. The lowest BCUT2D eigenvalue weighted by Crippen LogP contribution is -2.41. The molecule has 128 valence electrons. The smallest absolute Gasteiger partial charge is 0.151 e. The van der Waals surface area contributed by atoms with Gasteiger partial charge in [-0.25, -0.2) is 0 Å². The van der Waals surface area contributed by atoms with Crippen LogP contribution >= 0.6 is 0 Å². The highest BCUT2D eigenvalue weighted by Crippen LogP contribution is 2.36. The fraction of sp³-hybridized carbons (Fsp3) is 0.550. The van der Waals surface area contributed by atoms with Gasteiger partial charge in [0.05, 0.1) is 13.7 Å². The molecule has 2 heterocycles. The number of piperidine rings is 1. The number of rotatable bonds is 4. The van der Waals surface area contributed by atoms with Gasteiger partial charge in [-0.05, 0) is 43.4 Å². The van der Waals surface area contributed by atoms with Crippen LogP contribution < -0.4 is 4.74 Å². The Bertz CT molecular complexity index is 682. The molecule has 2 fully saturated rings. The van der Waals surface area contributed by atoms with Gasteiger partial charge in [0, 0.05) is 18.2 Å². The third-order valence-electron chi connectivity index (χ3n) is 5.70. The summed E-state index contributed by atoms with van der Waals surface area (Å²) in [4.78, 5) is 2.54. The van der Waals surface area contributed by atoms with Gasteiger partial charge >= 0.3 is 0 Å². The molecule has 0 bridgehead atoms. The summed E-state index contributed by atoms with van der Waals surface area (Å²) < 4.78 is 11.0. The van der Waals surface area contributed by atoms with Crippen molar-refractivity contribution in [2.45, 2.75) is 38.6 Å². The summed E-state index contributed by atoms with van der Waals surface area (Å²) in [5, 5.41) is 4.26. The number of likely N-dealkylation sites (tertiary alicyclic amines) is 1. The Balaban J connectivity index is 1.44. The van der Waals surface area contributed by atoms with Crippen LogP contribution in [0.5, 0.6) is 5.75 Å². The second-order valence-corrected chi connectivity index (χ2v) is 7.21. The zero-order valence-electron chi connectivity index (χ0n) is 14.4. The lowest BCUT2D eigenvalue weighted by Gasteiger charge is -2.40. The van der Waals surface area contributed by atoms with Gasteiger partial charge in [-0.3, -0.25) is 4.90 Å². The molecule has 2 atom stereocenters. The van der Waals surface area contributed by atoms with Gasteiger partial charge < -0.3 is 9.26 Å². The largest absolute Gasteiger partial charge is 0.496 e. The van der Waals surface area contributed by atoms with Crippen LogP contribution in [0.2, 0.25) is 0 Å². The molecule has 0 radical (unpaired) electrons. The fourth-order valence-electron chi connectivity index (χ4n) is 4.41. The number of ether oxygens (including phenoxy) is 1. The molecule has 24 heavy (non-hydrogen) atoms. The highest BCUT2D eigenvalue weighted by atomic mass is 16.5. The molecular formula is C20H26N2O2. The van der Waals surface area contributed by atoms with Crippen LogP contribution in [0.4, 0.5) is 0 Å². The first-order valence-corrected chi connectivity index (χ1v) is 9.15. The molecule has 1 aromatic carbocycles. The summed E-state index contributed by atoms with van der Waals surface area (Å²) in [5.41, 5.74) is 1.84. The highest BCUT2D eigenvalue weighted by molar-refractivity contribution is 5.66. The zero-order chi connectivity index (χ0) is 16.4. The van der Waals surface area contributed by atoms with E-state index in [0.29, 0.717) is 0 Å². The van der Waals surface area contributed by atoms with Gasteiger partial charge in [0.2, 0.25) is 0 Å². The summed E-state index contributed by atoms with van der Waals surface area (Å²) in [5.74, 6) is 3.64. The molecule has 0 N–H and O–H groups in total. The maximum absolute atomic E-state index is 5.61. The maximum atomic E-state index is 5.61. The van der Waals surface area contributed by atoms with Crippen molar-refractivity contribution < 1.29 is 9.26 Å². The van der Waals surface area contributed by atoms with E-state index in [2.05, 4.69) is 16.1 Å². The third-order valence-corrected chi connectivity index (χ3v) is 5.70. The van der Waals surface area contributed by atoms with Crippen LogP contribution in [0, 0.1) is 11.8 Å². The number of hydrogen-bond acceptors (Lipinski definition) is 4. The van der Waals surface area contributed by atoms with Crippen LogP contribution in [0.3, 0.4) is 0 Å². The normalized spacial score (nSPS) is 24.5. The highest BCUT2D eigenvalue weighted by Gasteiger charge is 2.31. The van der Waals surface area contributed by atoms with Gasteiger partial charge in [-0.1, -0.05) is 36.6 Å². The number of fused-ring (bicyclic) bond motifs is 1. The van der Waals surface area contributed by atoms with E-state index in [-0.39, 0.29) is 0 Å².